The number of nitriles is 1. The lowest BCUT2D eigenvalue weighted by atomic mass is 9.96. The molecule has 8 heteroatoms. The molecule has 6 nitrogen and oxygen atoms in total. The monoisotopic (exact) mass is 558 g/mol. The summed E-state index contributed by atoms with van der Waals surface area (Å²) >= 11 is 12.4. The molecule has 0 spiro atoms. The smallest absolute Gasteiger partial charge is 0.0995 e. The van der Waals surface area contributed by atoms with E-state index in [0.29, 0.717) is 0 Å². The molecule has 5 rings (SSSR count). The van der Waals surface area contributed by atoms with Gasteiger partial charge in [-0.05, 0) is 65.6 Å². The molecule has 2 heterocycles. The number of nitrogens with one attached hydrogen (secondary N) is 1. The maximum absolute atomic E-state index is 9.74. The van der Waals surface area contributed by atoms with Crippen LogP contribution in [0.1, 0.15) is 34.7 Å². The van der Waals surface area contributed by atoms with Crippen molar-refractivity contribution < 1.29 is 0 Å². The Morgan fingerprint density at radius 3 is 2.15 bits per heavy atom. The Morgan fingerprint density at radius 2 is 1.56 bits per heavy atom. The Kier molecular flexibility index (Phi) is 9.18. The second-order valence-electron chi connectivity index (χ2n) is 9.88. The first-order chi connectivity index (χ1) is 19.1. The Bertz CT molecular complexity index is 1330. The fraction of sp³-hybridized carbons (Fsp3) is 0.290. The van der Waals surface area contributed by atoms with Gasteiger partial charge in [-0.3, -0.25) is 9.80 Å². The van der Waals surface area contributed by atoms with Gasteiger partial charge in [0.1, 0.15) is 0 Å². The zero-order valence-electron chi connectivity index (χ0n) is 21.8. The molecule has 1 N–H and O–H groups in total. The minimum atomic E-state index is 0.131. The maximum atomic E-state index is 9.74. The molecule has 1 saturated heterocycles. The van der Waals surface area contributed by atoms with Crippen LogP contribution in [0.15, 0.2) is 85.5 Å². The van der Waals surface area contributed by atoms with Crippen LogP contribution in [-0.4, -0.2) is 52.1 Å². The van der Waals surface area contributed by atoms with Gasteiger partial charge in [0, 0.05) is 73.9 Å². The highest BCUT2D eigenvalue weighted by molar-refractivity contribution is 6.30. The van der Waals surface area contributed by atoms with E-state index in [9.17, 15) is 5.26 Å². The van der Waals surface area contributed by atoms with E-state index >= 15 is 0 Å². The topological polar surface area (TPSA) is 60.1 Å². The second-order valence-corrected chi connectivity index (χ2v) is 10.8. The fourth-order valence-electron chi connectivity index (χ4n) is 5.18. The third-order valence-corrected chi connectivity index (χ3v) is 7.75. The minimum absolute atomic E-state index is 0.131. The number of aromatic nitrogens is 2. The molecule has 4 aromatic rings. The number of anilines is 1. The fourth-order valence-corrected chi connectivity index (χ4v) is 5.43. The predicted octanol–water partition coefficient (Wildman–Crippen LogP) is 6.47. The van der Waals surface area contributed by atoms with Crippen LogP contribution in [0.3, 0.4) is 0 Å². The van der Waals surface area contributed by atoms with E-state index in [1.165, 1.54) is 11.1 Å². The second kappa shape index (κ2) is 13.1. The van der Waals surface area contributed by atoms with Crippen molar-refractivity contribution >= 4 is 28.9 Å². The van der Waals surface area contributed by atoms with Crippen LogP contribution in [0.5, 0.6) is 0 Å². The molecule has 1 aliphatic heterocycles. The van der Waals surface area contributed by atoms with Crippen LogP contribution in [-0.2, 0) is 13.1 Å². The van der Waals surface area contributed by atoms with Gasteiger partial charge in [0.15, 0.2) is 0 Å². The maximum Gasteiger partial charge on any atom is 0.0995 e. The SMILES string of the molecule is N#Cc1ccc(NCCCn2ccnc2)cc1CN1CCN(C(c2ccc(Cl)cc2)c2ccc(Cl)cc2)CC1. The van der Waals surface area contributed by atoms with Gasteiger partial charge in [0.25, 0.3) is 0 Å². The van der Waals surface area contributed by atoms with Crippen LogP contribution >= 0.6 is 23.2 Å². The first kappa shape index (κ1) is 27.2. The van der Waals surface area contributed by atoms with Crippen molar-refractivity contribution in [2.24, 2.45) is 0 Å². The Balaban J connectivity index is 1.22. The molecule has 200 valence electrons. The molecule has 3 aromatic carbocycles. The van der Waals surface area contributed by atoms with Crippen molar-refractivity contribution in [2.45, 2.75) is 25.6 Å². The first-order valence-electron chi connectivity index (χ1n) is 13.3. The highest BCUT2D eigenvalue weighted by Gasteiger charge is 2.27. The molecule has 0 amide bonds. The first-order valence-corrected chi connectivity index (χ1v) is 14.0. The number of hydrogen-bond acceptors (Lipinski definition) is 5. The Morgan fingerprint density at radius 1 is 0.897 bits per heavy atom. The number of halogens is 2. The normalized spacial score (nSPS) is 14.4. The van der Waals surface area contributed by atoms with Crippen molar-refractivity contribution in [2.75, 3.05) is 38.0 Å². The number of imidazole rings is 1. The van der Waals surface area contributed by atoms with Gasteiger partial charge < -0.3 is 9.88 Å². The van der Waals surface area contributed by atoms with Crippen molar-refractivity contribution in [3.8, 4) is 6.07 Å². The molecular weight excluding hydrogens is 527 g/mol. The third kappa shape index (κ3) is 7.20. The summed E-state index contributed by atoms with van der Waals surface area (Å²) in [7, 11) is 0. The average Bonchev–Trinajstić information content (AvgIpc) is 3.48. The number of nitrogens with zero attached hydrogens (tertiary/aromatic N) is 5. The van der Waals surface area contributed by atoms with E-state index in [1.807, 2.05) is 48.9 Å². The lowest BCUT2D eigenvalue weighted by Gasteiger charge is -2.40. The minimum Gasteiger partial charge on any atom is -0.385 e. The van der Waals surface area contributed by atoms with Crippen LogP contribution in [0.4, 0.5) is 5.69 Å². The molecule has 0 unspecified atom stereocenters. The van der Waals surface area contributed by atoms with Crippen molar-refractivity contribution in [3.05, 3.63) is 118 Å². The zero-order valence-corrected chi connectivity index (χ0v) is 23.3. The summed E-state index contributed by atoms with van der Waals surface area (Å²) in [5, 5.41) is 14.7. The summed E-state index contributed by atoms with van der Waals surface area (Å²) in [6.07, 6.45) is 6.62. The quantitative estimate of drug-likeness (QED) is 0.226. The third-order valence-electron chi connectivity index (χ3n) is 7.24. The van der Waals surface area contributed by atoms with E-state index in [0.717, 1.165) is 79.1 Å². The molecular formula is C31H32Cl2N6. The average molecular weight is 560 g/mol. The van der Waals surface area contributed by atoms with E-state index in [-0.39, 0.29) is 6.04 Å². The lowest BCUT2D eigenvalue weighted by Crippen LogP contribution is -2.47. The van der Waals surface area contributed by atoms with Crippen LogP contribution in [0.2, 0.25) is 10.0 Å². The van der Waals surface area contributed by atoms with Crippen LogP contribution in [0, 0.1) is 11.3 Å². The van der Waals surface area contributed by atoms with Gasteiger partial charge in [0.05, 0.1) is 24.0 Å². The summed E-state index contributed by atoms with van der Waals surface area (Å²) in [6, 6.07) is 24.8. The zero-order chi connectivity index (χ0) is 27.0. The van der Waals surface area contributed by atoms with Gasteiger partial charge in [-0.15, -0.1) is 0 Å². The van der Waals surface area contributed by atoms with Crippen molar-refractivity contribution in [1.82, 2.24) is 19.4 Å². The lowest BCUT2D eigenvalue weighted by molar-refractivity contribution is 0.105. The van der Waals surface area contributed by atoms with E-state index in [2.05, 4.69) is 61.1 Å². The van der Waals surface area contributed by atoms with Gasteiger partial charge in [-0.25, -0.2) is 4.98 Å². The molecule has 0 aliphatic carbocycles. The van der Waals surface area contributed by atoms with Crippen LogP contribution in [0.25, 0.3) is 0 Å². The number of piperazine rings is 1. The molecule has 0 saturated carbocycles. The standard InChI is InChI=1S/C31H32Cl2N6/c32-28-7-2-24(3-8-28)31(25-4-9-29(33)10-5-25)39-18-16-37(17-19-39)22-27-20-30(11-6-26(27)21-34)36-12-1-14-38-15-13-35-23-38/h2-11,13,15,20,23,31,36H,1,12,14,16-19,22H2. The Hall–Kier alpha value is -3.34. The summed E-state index contributed by atoms with van der Waals surface area (Å²) in [6.45, 7) is 6.23. The predicted molar refractivity (Wildman–Crippen MR) is 158 cm³/mol. The Labute approximate surface area is 240 Å². The summed E-state index contributed by atoms with van der Waals surface area (Å²) < 4.78 is 2.08. The molecule has 1 aliphatic rings. The molecule has 0 bridgehead atoms. The van der Waals surface area contributed by atoms with Crippen molar-refractivity contribution in [3.63, 3.8) is 0 Å². The molecule has 0 atom stereocenters. The van der Waals surface area contributed by atoms with Crippen LogP contribution < -0.4 is 5.32 Å². The molecule has 1 fully saturated rings. The van der Waals surface area contributed by atoms with E-state index < -0.39 is 0 Å². The van der Waals surface area contributed by atoms with Crippen molar-refractivity contribution in [1.29, 1.82) is 5.26 Å². The van der Waals surface area contributed by atoms with Gasteiger partial charge in [-0.1, -0.05) is 47.5 Å². The molecule has 1 aromatic heterocycles. The largest absolute Gasteiger partial charge is 0.385 e. The summed E-state index contributed by atoms with van der Waals surface area (Å²) in [5.41, 5.74) is 5.29. The van der Waals surface area contributed by atoms with Gasteiger partial charge in [-0.2, -0.15) is 5.26 Å². The number of rotatable bonds is 10. The molecule has 39 heavy (non-hydrogen) atoms. The van der Waals surface area contributed by atoms with Gasteiger partial charge in [0.2, 0.25) is 0 Å². The molecule has 0 radical (unpaired) electrons. The highest BCUT2D eigenvalue weighted by Crippen LogP contribution is 2.31. The van der Waals surface area contributed by atoms with E-state index in [1.54, 1.807) is 6.20 Å². The number of hydrogen-bond donors (Lipinski definition) is 1. The highest BCUT2D eigenvalue weighted by atomic mass is 35.5. The number of aryl methyl sites for hydroxylation is 1. The summed E-state index contributed by atoms with van der Waals surface area (Å²) in [4.78, 5) is 9.05. The summed E-state index contributed by atoms with van der Waals surface area (Å²) in [5.74, 6) is 0. The van der Waals surface area contributed by atoms with E-state index in [4.69, 9.17) is 23.2 Å². The number of benzene rings is 3. The van der Waals surface area contributed by atoms with Gasteiger partial charge >= 0.3 is 0 Å².